The largest absolute Gasteiger partial charge is 0.351 e. The summed E-state index contributed by atoms with van der Waals surface area (Å²) in [6, 6.07) is 0. The van der Waals surface area contributed by atoms with Gasteiger partial charge in [0.1, 0.15) is 0 Å². The van der Waals surface area contributed by atoms with E-state index in [1.807, 2.05) is 43.4 Å². The summed E-state index contributed by atoms with van der Waals surface area (Å²) >= 11 is 0. The standard InChI is InChI=1S/C32H44N2O2/c1-24-12-8-16-28(17-9-13-24)31(36)34-22-21-33-30(35)23-26(3)14-7-11-25(2)18-19-29-27(4)15-10-20-32(29,5)6/h7-9,11-12,14,16-19,23-24H,10,13,15,20-22H2,1-6H3,(H,33,35)(H,34,36)/b12-8-,14-7+,17-9+,19-18+,25-11+,26-23+,28-16+. The molecule has 0 radical (unpaired) electrons. The first-order valence-corrected chi connectivity index (χ1v) is 13.1. The smallest absolute Gasteiger partial charge is 0.251 e. The van der Waals surface area contributed by atoms with Crippen LogP contribution in [0.2, 0.25) is 0 Å². The average molecular weight is 489 g/mol. The van der Waals surface area contributed by atoms with E-state index in [4.69, 9.17) is 0 Å². The van der Waals surface area contributed by atoms with Crippen LogP contribution in [0.25, 0.3) is 0 Å². The molecule has 4 heteroatoms. The van der Waals surface area contributed by atoms with Crippen molar-refractivity contribution in [3.05, 3.63) is 94.7 Å². The molecule has 2 aliphatic rings. The van der Waals surface area contributed by atoms with Gasteiger partial charge >= 0.3 is 0 Å². The predicted molar refractivity (Wildman–Crippen MR) is 152 cm³/mol. The zero-order valence-corrected chi connectivity index (χ0v) is 23.0. The molecule has 2 aliphatic carbocycles. The summed E-state index contributed by atoms with van der Waals surface area (Å²) in [5.41, 5.74) is 5.85. The average Bonchev–Trinajstić information content (AvgIpc) is 2.78. The van der Waals surface area contributed by atoms with Gasteiger partial charge < -0.3 is 10.6 Å². The first-order valence-electron chi connectivity index (χ1n) is 13.1. The zero-order chi connectivity index (χ0) is 26.6. The van der Waals surface area contributed by atoms with Gasteiger partial charge in [0.25, 0.3) is 5.91 Å². The van der Waals surface area contributed by atoms with E-state index in [1.54, 1.807) is 6.08 Å². The van der Waals surface area contributed by atoms with Crippen molar-refractivity contribution in [1.29, 1.82) is 0 Å². The second kappa shape index (κ2) is 14.4. The van der Waals surface area contributed by atoms with Crippen LogP contribution in [0.5, 0.6) is 0 Å². The molecule has 2 N–H and O–H groups in total. The van der Waals surface area contributed by atoms with Gasteiger partial charge in [0.2, 0.25) is 5.91 Å². The van der Waals surface area contributed by atoms with E-state index >= 15 is 0 Å². The molecule has 2 amide bonds. The Bertz CT molecular complexity index is 1040. The minimum absolute atomic E-state index is 0.135. The molecule has 0 saturated carbocycles. The molecule has 0 aliphatic heterocycles. The van der Waals surface area contributed by atoms with E-state index in [2.05, 4.69) is 69.6 Å². The van der Waals surface area contributed by atoms with Crippen molar-refractivity contribution in [1.82, 2.24) is 10.6 Å². The van der Waals surface area contributed by atoms with Crippen LogP contribution in [0.3, 0.4) is 0 Å². The van der Waals surface area contributed by atoms with Crippen molar-refractivity contribution in [3.63, 3.8) is 0 Å². The molecule has 36 heavy (non-hydrogen) atoms. The second-order valence-electron chi connectivity index (χ2n) is 10.6. The molecule has 1 atom stereocenters. The molecule has 194 valence electrons. The fraction of sp³-hybridized carbons (Fsp3) is 0.438. The highest BCUT2D eigenvalue weighted by Gasteiger charge is 2.26. The van der Waals surface area contributed by atoms with Gasteiger partial charge in [-0.05, 0) is 75.0 Å². The maximum Gasteiger partial charge on any atom is 0.251 e. The Morgan fingerprint density at radius 3 is 2.61 bits per heavy atom. The number of hydrogen-bond acceptors (Lipinski definition) is 2. The van der Waals surface area contributed by atoms with Gasteiger partial charge in [-0.1, -0.05) is 86.6 Å². The van der Waals surface area contributed by atoms with Gasteiger partial charge in [-0.25, -0.2) is 0 Å². The van der Waals surface area contributed by atoms with Crippen molar-refractivity contribution in [2.24, 2.45) is 11.3 Å². The summed E-state index contributed by atoms with van der Waals surface area (Å²) in [4.78, 5) is 24.5. The maximum absolute atomic E-state index is 12.3. The number of allylic oxidation sites excluding steroid dienone is 13. The summed E-state index contributed by atoms with van der Waals surface area (Å²) in [5, 5.41) is 5.67. The molecular weight excluding hydrogens is 444 g/mol. The van der Waals surface area contributed by atoms with Crippen LogP contribution in [-0.2, 0) is 9.59 Å². The number of carbonyl (C=O) groups excluding carboxylic acids is 2. The van der Waals surface area contributed by atoms with E-state index in [-0.39, 0.29) is 17.2 Å². The van der Waals surface area contributed by atoms with Crippen molar-refractivity contribution < 1.29 is 9.59 Å². The normalized spacial score (nSPS) is 24.2. The van der Waals surface area contributed by atoms with Gasteiger partial charge in [0.15, 0.2) is 0 Å². The van der Waals surface area contributed by atoms with Crippen LogP contribution in [0.4, 0.5) is 0 Å². The Morgan fingerprint density at radius 2 is 1.86 bits per heavy atom. The monoisotopic (exact) mass is 488 g/mol. The summed E-state index contributed by atoms with van der Waals surface area (Å²) in [6.07, 6.45) is 26.3. The lowest BCUT2D eigenvalue weighted by Crippen LogP contribution is -2.34. The first-order chi connectivity index (χ1) is 17.1. The number of nitrogens with one attached hydrogen (secondary N) is 2. The minimum atomic E-state index is -0.170. The third kappa shape index (κ3) is 10.2. The Balaban J connectivity index is 1.78. The summed E-state index contributed by atoms with van der Waals surface area (Å²) in [5.74, 6) is 0.168. The summed E-state index contributed by atoms with van der Waals surface area (Å²) < 4.78 is 0. The molecule has 0 heterocycles. The molecule has 0 saturated heterocycles. The highest BCUT2D eigenvalue weighted by atomic mass is 16.2. The van der Waals surface area contributed by atoms with Gasteiger partial charge in [-0.3, -0.25) is 9.59 Å². The van der Waals surface area contributed by atoms with Gasteiger partial charge in [-0.15, -0.1) is 0 Å². The maximum atomic E-state index is 12.3. The van der Waals surface area contributed by atoms with E-state index in [9.17, 15) is 9.59 Å². The Morgan fingerprint density at radius 1 is 1.11 bits per heavy atom. The zero-order valence-electron chi connectivity index (χ0n) is 23.0. The van der Waals surface area contributed by atoms with E-state index in [1.165, 1.54) is 36.0 Å². The molecular formula is C32H44N2O2. The molecule has 0 spiro atoms. The van der Waals surface area contributed by atoms with Crippen molar-refractivity contribution in [2.45, 2.75) is 67.2 Å². The Labute approximate surface area is 218 Å². The van der Waals surface area contributed by atoms with Crippen LogP contribution >= 0.6 is 0 Å². The molecule has 4 nitrogen and oxygen atoms in total. The van der Waals surface area contributed by atoms with Crippen LogP contribution in [-0.4, -0.2) is 24.9 Å². The third-order valence-electron chi connectivity index (χ3n) is 6.63. The number of hydrogen-bond donors (Lipinski definition) is 2. The lowest BCUT2D eigenvalue weighted by atomic mass is 9.72. The number of rotatable bonds is 9. The Kier molecular flexibility index (Phi) is 11.7. The predicted octanol–water partition coefficient (Wildman–Crippen LogP) is 6.83. The van der Waals surface area contributed by atoms with E-state index in [0.29, 0.717) is 24.6 Å². The van der Waals surface area contributed by atoms with Gasteiger partial charge in [0, 0.05) is 24.7 Å². The van der Waals surface area contributed by atoms with Gasteiger partial charge in [-0.2, -0.15) is 0 Å². The lowest BCUT2D eigenvalue weighted by Gasteiger charge is -2.32. The van der Waals surface area contributed by atoms with Crippen LogP contribution in [0.15, 0.2) is 94.7 Å². The highest BCUT2D eigenvalue weighted by Crippen LogP contribution is 2.40. The summed E-state index contributed by atoms with van der Waals surface area (Å²) in [7, 11) is 0. The SMILES string of the molecule is CC1=C(/C=C/C(C)=C/C=C/C(C)=C/C(=O)NCCNC(=O)C2=C/C=C\C(C)C\C=C\2)C(C)(C)CCC1. The second-order valence-corrected chi connectivity index (χ2v) is 10.6. The molecule has 0 aromatic rings. The van der Waals surface area contributed by atoms with Crippen LogP contribution in [0.1, 0.15) is 67.2 Å². The first kappa shape index (κ1) is 29.1. The fourth-order valence-electron chi connectivity index (χ4n) is 4.45. The molecule has 2 rings (SSSR count). The molecule has 0 fully saturated rings. The van der Waals surface area contributed by atoms with Gasteiger partial charge in [0.05, 0.1) is 0 Å². The fourth-order valence-corrected chi connectivity index (χ4v) is 4.45. The third-order valence-corrected chi connectivity index (χ3v) is 6.63. The number of carbonyl (C=O) groups is 2. The topological polar surface area (TPSA) is 58.2 Å². The Hall–Kier alpha value is -3.14. The van der Waals surface area contributed by atoms with Crippen LogP contribution in [0, 0.1) is 11.3 Å². The molecule has 0 bridgehead atoms. The van der Waals surface area contributed by atoms with E-state index in [0.717, 1.165) is 12.0 Å². The molecule has 0 aromatic carbocycles. The quantitative estimate of drug-likeness (QED) is 0.212. The van der Waals surface area contributed by atoms with Crippen LogP contribution < -0.4 is 10.6 Å². The molecule has 0 aromatic heterocycles. The molecule has 1 unspecified atom stereocenters. The van der Waals surface area contributed by atoms with Crippen molar-refractivity contribution >= 4 is 11.8 Å². The summed E-state index contributed by atoms with van der Waals surface area (Å²) in [6.45, 7) is 13.8. The highest BCUT2D eigenvalue weighted by molar-refractivity contribution is 5.96. The minimum Gasteiger partial charge on any atom is -0.351 e. The van der Waals surface area contributed by atoms with Crippen molar-refractivity contribution in [2.75, 3.05) is 13.1 Å². The van der Waals surface area contributed by atoms with Crippen molar-refractivity contribution in [3.8, 4) is 0 Å². The van der Waals surface area contributed by atoms with E-state index < -0.39 is 0 Å². The lowest BCUT2D eigenvalue weighted by molar-refractivity contribution is -0.118. The number of amides is 2.